The highest BCUT2D eigenvalue weighted by molar-refractivity contribution is 5.95. The summed E-state index contributed by atoms with van der Waals surface area (Å²) in [6, 6.07) is 10.0. The Kier molecular flexibility index (Phi) is 4.33. The maximum atomic E-state index is 11.8. The van der Waals surface area contributed by atoms with Crippen molar-refractivity contribution in [3.8, 4) is 5.75 Å². The number of nitro groups is 1. The van der Waals surface area contributed by atoms with Gasteiger partial charge in [-0.25, -0.2) is 5.43 Å². The van der Waals surface area contributed by atoms with Gasteiger partial charge in [0.1, 0.15) is 0 Å². The van der Waals surface area contributed by atoms with E-state index in [0.717, 1.165) is 6.07 Å². The first-order valence-corrected chi connectivity index (χ1v) is 6.14. The molecule has 2 aromatic carbocycles. The molecular formula is C14H12N4O4. The van der Waals surface area contributed by atoms with Gasteiger partial charge in [0.2, 0.25) is 0 Å². The molecule has 0 aromatic heterocycles. The standard InChI is InChI=1S/C14H12N4O4/c15-11-4-2-10(3-5-11)14(20)17-16-8-9-1-6-13(19)12(7-9)18(21)22/h1-8,19H,15H2,(H,17,20)/b16-8-. The van der Waals surface area contributed by atoms with E-state index in [9.17, 15) is 20.0 Å². The van der Waals surface area contributed by atoms with Crippen LogP contribution in [0.15, 0.2) is 47.6 Å². The maximum Gasteiger partial charge on any atom is 0.311 e. The number of benzene rings is 2. The fourth-order valence-electron chi connectivity index (χ4n) is 1.63. The zero-order valence-corrected chi connectivity index (χ0v) is 11.3. The van der Waals surface area contributed by atoms with Gasteiger partial charge in [-0.2, -0.15) is 5.10 Å². The molecule has 0 unspecified atom stereocenters. The molecule has 112 valence electrons. The lowest BCUT2D eigenvalue weighted by molar-refractivity contribution is -0.385. The van der Waals surface area contributed by atoms with E-state index in [2.05, 4.69) is 10.5 Å². The summed E-state index contributed by atoms with van der Waals surface area (Å²) in [5.41, 5.74) is 8.65. The number of nitrogens with two attached hydrogens (primary N) is 1. The van der Waals surface area contributed by atoms with E-state index in [0.29, 0.717) is 16.8 Å². The number of rotatable bonds is 4. The van der Waals surface area contributed by atoms with E-state index >= 15 is 0 Å². The lowest BCUT2D eigenvalue weighted by Crippen LogP contribution is -2.17. The Hall–Kier alpha value is -3.42. The van der Waals surface area contributed by atoms with Crippen molar-refractivity contribution in [2.75, 3.05) is 5.73 Å². The molecule has 0 fully saturated rings. The number of phenols is 1. The number of hydrogen-bond donors (Lipinski definition) is 3. The minimum absolute atomic E-state index is 0.363. The molecule has 0 spiro atoms. The number of nitrogens with one attached hydrogen (secondary N) is 1. The minimum Gasteiger partial charge on any atom is -0.502 e. The quantitative estimate of drug-likeness (QED) is 0.342. The topological polar surface area (TPSA) is 131 Å². The van der Waals surface area contributed by atoms with Crippen molar-refractivity contribution < 1.29 is 14.8 Å². The fraction of sp³-hybridized carbons (Fsp3) is 0. The lowest BCUT2D eigenvalue weighted by atomic mass is 10.2. The number of nitrogen functional groups attached to an aromatic ring is 1. The second-order valence-corrected chi connectivity index (χ2v) is 4.33. The number of hydrazone groups is 1. The van der Waals surface area contributed by atoms with Crippen molar-refractivity contribution >= 4 is 23.5 Å². The van der Waals surface area contributed by atoms with Crippen LogP contribution in [0.5, 0.6) is 5.75 Å². The first-order chi connectivity index (χ1) is 10.5. The largest absolute Gasteiger partial charge is 0.502 e. The van der Waals surface area contributed by atoms with Gasteiger partial charge in [-0.1, -0.05) is 0 Å². The molecule has 0 bridgehead atoms. The Balaban J connectivity index is 2.06. The third-order valence-corrected chi connectivity index (χ3v) is 2.75. The highest BCUT2D eigenvalue weighted by atomic mass is 16.6. The summed E-state index contributed by atoms with van der Waals surface area (Å²) in [5.74, 6) is -0.877. The Bertz CT molecular complexity index is 741. The summed E-state index contributed by atoms with van der Waals surface area (Å²) in [7, 11) is 0. The Labute approximate surface area is 125 Å². The third kappa shape index (κ3) is 3.57. The second-order valence-electron chi connectivity index (χ2n) is 4.33. The van der Waals surface area contributed by atoms with E-state index in [1.165, 1.54) is 18.3 Å². The van der Waals surface area contributed by atoms with E-state index in [1.807, 2.05) is 0 Å². The van der Waals surface area contributed by atoms with Gasteiger partial charge in [-0.15, -0.1) is 0 Å². The Morgan fingerprint density at radius 2 is 1.95 bits per heavy atom. The first-order valence-electron chi connectivity index (χ1n) is 6.14. The molecular weight excluding hydrogens is 288 g/mol. The van der Waals surface area contributed by atoms with Gasteiger partial charge in [-0.05, 0) is 36.4 Å². The van der Waals surface area contributed by atoms with E-state index in [4.69, 9.17) is 5.73 Å². The van der Waals surface area contributed by atoms with Crippen LogP contribution in [0.25, 0.3) is 0 Å². The molecule has 0 atom stereocenters. The maximum absolute atomic E-state index is 11.8. The van der Waals surface area contributed by atoms with Crippen molar-refractivity contribution in [1.29, 1.82) is 0 Å². The molecule has 22 heavy (non-hydrogen) atoms. The molecule has 2 rings (SSSR count). The zero-order chi connectivity index (χ0) is 16.1. The summed E-state index contributed by atoms with van der Waals surface area (Å²) >= 11 is 0. The van der Waals surface area contributed by atoms with Crippen molar-refractivity contribution in [3.63, 3.8) is 0 Å². The van der Waals surface area contributed by atoms with Crippen LogP contribution in [0.3, 0.4) is 0 Å². The Morgan fingerprint density at radius 1 is 1.27 bits per heavy atom. The molecule has 8 heteroatoms. The van der Waals surface area contributed by atoms with Gasteiger partial charge >= 0.3 is 5.69 Å². The number of aromatic hydroxyl groups is 1. The summed E-state index contributed by atoms with van der Waals surface area (Å²) < 4.78 is 0. The molecule has 0 aliphatic carbocycles. The molecule has 8 nitrogen and oxygen atoms in total. The average Bonchev–Trinajstić information content (AvgIpc) is 2.49. The Morgan fingerprint density at radius 3 is 2.59 bits per heavy atom. The molecule has 2 aromatic rings. The van der Waals surface area contributed by atoms with Crippen LogP contribution in [0.2, 0.25) is 0 Å². The molecule has 0 heterocycles. The molecule has 4 N–H and O–H groups in total. The van der Waals surface area contributed by atoms with Crippen LogP contribution in [0, 0.1) is 10.1 Å². The van der Waals surface area contributed by atoms with Gasteiger partial charge < -0.3 is 10.8 Å². The van der Waals surface area contributed by atoms with Gasteiger partial charge in [0.25, 0.3) is 5.91 Å². The van der Waals surface area contributed by atoms with Crippen molar-refractivity contribution in [1.82, 2.24) is 5.43 Å². The number of hydrogen-bond acceptors (Lipinski definition) is 6. The van der Waals surface area contributed by atoms with Crippen LogP contribution < -0.4 is 11.2 Å². The normalized spacial score (nSPS) is 10.5. The zero-order valence-electron chi connectivity index (χ0n) is 11.3. The monoisotopic (exact) mass is 300 g/mol. The average molecular weight is 300 g/mol. The van der Waals surface area contributed by atoms with Crippen LogP contribution >= 0.6 is 0 Å². The summed E-state index contributed by atoms with van der Waals surface area (Å²) in [6.45, 7) is 0. The molecule has 0 radical (unpaired) electrons. The van der Waals surface area contributed by atoms with Crippen molar-refractivity contribution in [2.45, 2.75) is 0 Å². The van der Waals surface area contributed by atoms with Gasteiger partial charge in [0.05, 0.1) is 11.1 Å². The number of anilines is 1. The highest BCUT2D eigenvalue weighted by Gasteiger charge is 2.12. The summed E-state index contributed by atoms with van der Waals surface area (Å²) in [4.78, 5) is 21.7. The number of carbonyl (C=O) groups is 1. The molecule has 0 saturated carbocycles. The van der Waals surface area contributed by atoms with Gasteiger partial charge in [0, 0.05) is 22.9 Å². The van der Waals surface area contributed by atoms with Crippen LogP contribution in [0.4, 0.5) is 11.4 Å². The van der Waals surface area contributed by atoms with Crippen LogP contribution in [0.1, 0.15) is 15.9 Å². The fourth-order valence-corrected chi connectivity index (χ4v) is 1.63. The van der Waals surface area contributed by atoms with E-state index < -0.39 is 22.3 Å². The predicted molar refractivity (Wildman–Crippen MR) is 80.7 cm³/mol. The minimum atomic E-state index is -0.709. The highest BCUT2D eigenvalue weighted by Crippen LogP contribution is 2.25. The second kappa shape index (κ2) is 6.35. The number of amides is 1. The van der Waals surface area contributed by atoms with Crippen molar-refractivity contribution in [2.24, 2.45) is 5.10 Å². The third-order valence-electron chi connectivity index (χ3n) is 2.75. The number of phenolic OH excluding ortho intramolecular Hbond substituents is 1. The summed E-state index contributed by atoms with van der Waals surface area (Å²) in [6.07, 6.45) is 1.24. The number of nitrogens with zero attached hydrogens (tertiary/aromatic N) is 2. The molecule has 0 aliphatic heterocycles. The predicted octanol–water partition coefficient (Wildman–Crippen LogP) is 1.65. The molecule has 0 aliphatic rings. The first kappa shape index (κ1) is 15.0. The summed E-state index contributed by atoms with van der Waals surface area (Å²) in [5, 5.41) is 23.7. The van der Waals surface area contributed by atoms with E-state index in [-0.39, 0.29) is 0 Å². The smallest absolute Gasteiger partial charge is 0.311 e. The van der Waals surface area contributed by atoms with Gasteiger partial charge in [0.15, 0.2) is 5.75 Å². The lowest BCUT2D eigenvalue weighted by Gasteiger charge is -2.00. The number of carbonyl (C=O) groups excluding carboxylic acids is 1. The SMILES string of the molecule is Nc1ccc(C(=O)N/N=C\c2ccc(O)c([N+](=O)[O-])c2)cc1. The van der Waals surface area contributed by atoms with Crippen LogP contribution in [-0.2, 0) is 0 Å². The molecule has 1 amide bonds. The van der Waals surface area contributed by atoms with Gasteiger partial charge in [-0.3, -0.25) is 14.9 Å². The molecule has 0 saturated heterocycles. The van der Waals surface area contributed by atoms with E-state index in [1.54, 1.807) is 24.3 Å². The number of nitro benzene ring substituents is 1. The van der Waals surface area contributed by atoms with Crippen LogP contribution in [-0.4, -0.2) is 22.2 Å². The van der Waals surface area contributed by atoms with Crippen molar-refractivity contribution in [3.05, 3.63) is 63.7 Å².